The van der Waals surface area contributed by atoms with E-state index in [0.717, 1.165) is 56.9 Å². The number of Topliss-reactive ketones (excluding diaryl/α,β-unsaturated/α-hetero) is 1. The number of allylic oxidation sites excluding steroid dienone is 4. The van der Waals surface area contributed by atoms with Crippen LogP contribution in [0, 0.1) is 44.3 Å². The molecule has 1 N–H and O–H groups in total. The Hall–Kier alpha value is -2.46. The van der Waals surface area contributed by atoms with Crippen LogP contribution in [-0.2, 0) is 14.3 Å². The third-order valence-electron chi connectivity index (χ3n) is 12.2. The molecule has 4 atom stereocenters. The van der Waals surface area contributed by atoms with Crippen molar-refractivity contribution < 1.29 is 19.1 Å². The Bertz CT molecular complexity index is 1250. The van der Waals surface area contributed by atoms with Crippen LogP contribution in [0.2, 0.25) is 0 Å². The summed E-state index contributed by atoms with van der Waals surface area (Å²) in [6, 6.07) is 2.16. The number of rotatable bonds is 11. The van der Waals surface area contributed by atoms with Gasteiger partial charge in [0.1, 0.15) is 6.07 Å². The maximum Gasteiger partial charge on any atom is 0.317 e. The number of nitriles is 1. The second-order valence-corrected chi connectivity index (χ2v) is 17.0. The molecule has 7 nitrogen and oxygen atoms in total. The molecule has 252 valence electrons. The highest BCUT2D eigenvalue weighted by Gasteiger charge is 2.61. The number of ether oxygens (including phenoxy) is 1. The van der Waals surface area contributed by atoms with Crippen molar-refractivity contribution in [1.82, 2.24) is 10.2 Å². The number of nitrogens with one attached hydrogen (secondary N) is 1. The average Bonchev–Trinajstić information content (AvgIpc) is 2.95. The molecule has 1 saturated carbocycles. The summed E-state index contributed by atoms with van der Waals surface area (Å²) < 4.78 is 5.49. The lowest BCUT2D eigenvalue weighted by atomic mass is 9.42. The summed E-state index contributed by atoms with van der Waals surface area (Å²) in [6.45, 7) is 25.9. The van der Waals surface area contributed by atoms with E-state index in [2.05, 4.69) is 66.8 Å². The number of hydrogen-bond acceptors (Lipinski definition) is 5. The van der Waals surface area contributed by atoms with Gasteiger partial charge in [-0.25, -0.2) is 4.79 Å². The lowest BCUT2D eigenvalue weighted by molar-refractivity contribution is -0.131. The first kappa shape index (κ1) is 37.0. The first-order chi connectivity index (χ1) is 20.7. The van der Waals surface area contributed by atoms with Gasteiger partial charge in [-0.05, 0) is 87.0 Å². The highest BCUT2D eigenvalue weighted by molar-refractivity contribution is 6.04. The molecule has 1 heterocycles. The molecule has 0 bridgehead atoms. The van der Waals surface area contributed by atoms with Gasteiger partial charge in [0.25, 0.3) is 0 Å². The van der Waals surface area contributed by atoms with Gasteiger partial charge in [-0.15, -0.1) is 0 Å². The summed E-state index contributed by atoms with van der Waals surface area (Å²) in [5.41, 5.74) is -0.927. The lowest BCUT2D eigenvalue weighted by Crippen LogP contribution is -2.57. The molecule has 0 aromatic rings. The molecular formula is C38H61N3O4. The van der Waals surface area contributed by atoms with Crippen LogP contribution >= 0.6 is 0 Å². The third-order valence-corrected chi connectivity index (χ3v) is 12.2. The Kier molecular flexibility index (Phi) is 11.0. The van der Waals surface area contributed by atoms with Crippen molar-refractivity contribution in [2.75, 3.05) is 26.3 Å². The topological polar surface area (TPSA) is 99.5 Å². The second kappa shape index (κ2) is 13.3. The smallest absolute Gasteiger partial charge is 0.317 e. The lowest BCUT2D eigenvalue weighted by Gasteiger charge is -2.61. The van der Waals surface area contributed by atoms with E-state index < -0.39 is 16.4 Å². The quantitative estimate of drug-likeness (QED) is 0.234. The van der Waals surface area contributed by atoms with E-state index in [1.807, 2.05) is 24.8 Å². The standard InChI is InChI=1S/C38H61N3O4/c1-12-14-33(3,4)16-18-36(9,40-32(44)41-20-22-45-23-21-41)19-17-34(5,6)38(11)15-13-29-35(7,8)31(43)28(26-39)25-37(29,10)30(38)24-27(2)42/h24-25,29H,12-23H2,1-11H3,(H,40,44)/b30-24-/t29-,36-,37-,38+/m0/s1. The molecule has 1 saturated heterocycles. The van der Waals surface area contributed by atoms with Gasteiger partial charge in [-0.1, -0.05) is 80.4 Å². The van der Waals surface area contributed by atoms with Gasteiger partial charge in [0.15, 0.2) is 11.6 Å². The van der Waals surface area contributed by atoms with E-state index in [-0.39, 0.29) is 45.3 Å². The van der Waals surface area contributed by atoms with Crippen molar-refractivity contribution in [2.24, 2.45) is 33.0 Å². The number of nitrogens with zero attached hydrogens (tertiary/aromatic N) is 2. The molecular weight excluding hydrogens is 562 g/mol. The molecule has 0 aromatic carbocycles. The van der Waals surface area contributed by atoms with Crippen molar-refractivity contribution in [3.05, 3.63) is 23.3 Å². The van der Waals surface area contributed by atoms with Gasteiger partial charge in [0.2, 0.25) is 0 Å². The average molecular weight is 624 g/mol. The molecule has 0 radical (unpaired) electrons. The molecule has 0 aromatic heterocycles. The number of amides is 2. The normalized spacial score (nSPS) is 29.3. The Morgan fingerprint density at radius 1 is 1.04 bits per heavy atom. The highest BCUT2D eigenvalue weighted by Crippen LogP contribution is 2.67. The zero-order valence-electron chi connectivity index (χ0n) is 30.2. The molecule has 2 amide bonds. The van der Waals surface area contributed by atoms with Crippen LogP contribution in [0.5, 0.6) is 0 Å². The first-order valence-electron chi connectivity index (χ1n) is 17.2. The number of carbonyl (C=O) groups excluding carboxylic acids is 3. The second-order valence-electron chi connectivity index (χ2n) is 17.0. The summed E-state index contributed by atoms with van der Waals surface area (Å²) in [5.74, 6) is -0.130. The van der Waals surface area contributed by atoms with E-state index in [1.54, 1.807) is 13.0 Å². The van der Waals surface area contributed by atoms with Crippen molar-refractivity contribution in [3.8, 4) is 6.07 Å². The van der Waals surface area contributed by atoms with Gasteiger partial charge in [-0.2, -0.15) is 5.26 Å². The van der Waals surface area contributed by atoms with Crippen molar-refractivity contribution >= 4 is 17.6 Å². The zero-order chi connectivity index (χ0) is 34.1. The zero-order valence-corrected chi connectivity index (χ0v) is 30.2. The maximum absolute atomic E-state index is 13.5. The fraction of sp³-hybridized carbons (Fsp3) is 0.789. The Balaban J connectivity index is 1.99. The number of morpholine rings is 1. The first-order valence-corrected chi connectivity index (χ1v) is 17.2. The summed E-state index contributed by atoms with van der Waals surface area (Å²) in [5, 5.41) is 13.4. The largest absolute Gasteiger partial charge is 0.378 e. The van der Waals surface area contributed by atoms with Gasteiger partial charge in [0, 0.05) is 29.5 Å². The summed E-state index contributed by atoms with van der Waals surface area (Å²) >= 11 is 0. The number of carbonyl (C=O) groups is 3. The van der Waals surface area contributed by atoms with Crippen molar-refractivity contribution in [1.29, 1.82) is 5.26 Å². The van der Waals surface area contributed by atoms with Crippen molar-refractivity contribution in [2.45, 2.75) is 133 Å². The van der Waals surface area contributed by atoms with Crippen LogP contribution < -0.4 is 5.32 Å². The van der Waals surface area contributed by atoms with E-state index in [4.69, 9.17) is 4.74 Å². The van der Waals surface area contributed by atoms with E-state index in [9.17, 15) is 19.6 Å². The SMILES string of the molecule is CCCC(C)(C)CC[C@@](C)(CCC(C)(C)[C@]1(C)CC[C@H]2C(C)(C)C(=O)C(C#N)=C[C@]2(C)/C1=C/C(C)=O)NC(=O)N1CCOCC1. The van der Waals surface area contributed by atoms with Gasteiger partial charge in [0.05, 0.1) is 18.8 Å². The fourth-order valence-corrected chi connectivity index (χ4v) is 8.75. The summed E-state index contributed by atoms with van der Waals surface area (Å²) in [6.07, 6.45) is 11.1. The van der Waals surface area contributed by atoms with Gasteiger partial charge >= 0.3 is 6.03 Å². The molecule has 0 unspecified atom stereocenters. The van der Waals surface area contributed by atoms with Crippen LogP contribution in [0.25, 0.3) is 0 Å². The van der Waals surface area contributed by atoms with Gasteiger partial charge in [-0.3, -0.25) is 9.59 Å². The van der Waals surface area contributed by atoms with E-state index in [1.165, 1.54) is 0 Å². The minimum Gasteiger partial charge on any atom is -0.378 e. The van der Waals surface area contributed by atoms with E-state index in [0.29, 0.717) is 26.3 Å². The third kappa shape index (κ3) is 7.58. The van der Waals surface area contributed by atoms with Crippen LogP contribution in [0.15, 0.2) is 23.3 Å². The molecule has 7 heteroatoms. The van der Waals surface area contributed by atoms with Crippen molar-refractivity contribution in [3.63, 3.8) is 0 Å². The summed E-state index contributed by atoms with van der Waals surface area (Å²) in [4.78, 5) is 41.6. The highest BCUT2D eigenvalue weighted by atomic mass is 16.5. The molecule has 45 heavy (non-hydrogen) atoms. The number of ketones is 2. The number of urea groups is 1. The fourth-order valence-electron chi connectivity index (χ4n) is 8.75. The summed E-state index contributed by atoms with van der Waals surface area (Å²) in [7, 11) is 0. The predicted octanol–water partition coefficient (Wildman–Crippen LogP) is 8.20. The Labute approximate surface area is 273 Å². The van der Waals surface area contributed by atoms with Crippen LogP contribution in [-0.4, -0.2) is 54.3 Å². The van der Waals surface area contributed by atoms with Crippen LogP contribution in [0.1, 0.15) is 128 Å². The molecule has 0 spiro atoms. The minimum atomic E-state index is -0.705. The van der Waals surface area contributed by atoms with Gasteiger partial charge < -0.3 is 15.0 Å². The van der Waals surface area contributed by atoms with Crippen LogP contribution in [0.3, 0.4) is 0 Å². The predicted molar refractivity (Wildman–Crippen MR) is 180 cm³/mol. The Morgan fingerprint density at radius 2 is 1.64 bits per heavy atom. The molecule has 2 aliphatic carbocycles. The minimum absolute atomic E-state index is 0.0112. The van der Waals surface area contributed by atoms with E-state index >= 15 is 0 Å². The number of fused-ring (bicyclic) bond motifs is 1. The molecule has 3 aliphatic rings. The maximum atomic E-state index is 13.5. The van der Waals surface area contributed by atoms with Crippen LogP contribution in [0.4, 0.5) is 4.79 Å². The molecule has 2 fully saturated rings. The number of hydrogen-bond donors (Lipinski definition) is 1. The molecule has 3 rings (SSSR count). The Morgan fingerprint density at radius 3 is 2.20 bits per heavy atom. The monoisotopic (exact) mass is 623 g/mol. The molecule has 1 aliphatic heterocycles.